The van der Waals surface area contributed by atoms with Gasteiger partial charge in [-0.2, -0.15) is 5.10 Å². The van der Waals surface area contributed by atoms with Crippen LogP contribution in [-0.4, -0.2) is 10.6 Å². The summed E-state index contributed by atoms with van der Waals surface area (Å²) in [6, 6.07) is 25.2. The monoisotopic (exact) mass is 357 g/mol. The van der Waals surface area contributed by atoms with Crippen LogP contribution in [0, 0.1) is 17.0 Å². The molecule has 0 saturated carbocycles. The van der Waals surface area contributed by atoms with Crippen LogP contribution in [0.5, 0.6) is 0 Å². The fourth-order valence-corrected chi connectivity index (χ4v) is 3.44. The molecule has 1 aliphatic heterocycles. The minimum atomic E-state index is -0.382. The van der Waals surface area contributed by atoms with Gasteiger partial charge in [0.05, 0.1) is 22.4 Å². The van der Waals surface area contributed by atoms with E-state index in [1.807, 2.05) is 30.3 Å². The molecule has 1 aliphatic rings. The molecular formula is C22H19N3O2. The van der Waals surface area contributed by atoms with Gasteiger partial charge < -0.3 is 0 Å². The molecule has 0 radical (unpaired) electrons. The van der Waals surface area contributed by atoms with E-state index in [1.165, 1.54) is 17.7 Å². The Bertz CT molecular complexity index is 998. The summed E-state index contributed by atoms with van der Waals surface area (Å²) in [5, 5.41) is 17.9. The molecule has 3 aromatic rings. The van der Waals surface area contributed by atoms with E-state index in [-0.39, 0.29) is 16.7 Å². The van der Waals surface area contributed by atoms with Gasteiger partial charge in [0.2, 0.25) is 0 Å². The van der Waals surface area contributed by atoms with Crippen molar-refractivity contribution in [1.82, 2.24) is 0 Å². The van der Waals surface area contributed by atoms with Crippen LogP contribution in [0.4, 0.5) is 11.4 Å². The summed E-state index contributed by atoms with van der Waals surface area (Å²) in [4.78, 5) is 10.5. The van der Waals surface area contributed by atoms with Gasteiger partial charge in [0.15, 0.2) is 0 Å². The first-order valence-corrected chi connectivity index (χ1v) is 8.85. The number of aryl methyl sites for hydroxylation is 1. The molecule has 0 fully saturated rings. The van der Waals surface area contributed by atoms with Gasteiger partial charge >= 0.3 is 0 Å². The molecule has 0 aromatic heterocycles. The number of rotatable bonds is 4. The summed E-state index contributed by atoms with van der Waals surface area (Å²) in [5.74, 6) is 0. The van der Waals surface area contributed by atoms with E-state index in [0.29, 0.717) is 0 Å². The Morgan fingerprint density at radius 3 is 2.30 bits per heavy atom. The van der Waals surface area contributed by atoms with Gasteiger partial charge in [-0.05, 0) is 41.8 Å². The average molecular weight is 357 g/mol. The number of hydrazone groups is 1. The van der Waals surface area contributed by atoms with Gasteiger partial charge in [0.25, 0.3) is 5.69 Å². The van der Waals surface area contributed by atoms with Crippen molar-refractivity contribution in [3.63, 3.8) is 0 Å². The largest absolute Gasteiger partial charge is 0.269 e. The highest BCUT2D eigenvalue weighted by Gasteiger charge is 2.30. The normalized spacial score (nSPS) is 16.3. The van der Waals surface area contributed by atoms with Crippen molar-refractivity contribution in [3.05, 3.63) is 106 Å². The second-order valence-corrected chi connectivity index (χ2v) is 6.61. The number of nitrogens with zero attached hydrogens (tertiary/aromatic N) is 3. The Morgan fingerprint density at radius 2 is 1.63 bits per heavy atom. The molecule has 0 saturated heterocycles. The number of nitro groups is 1. The van der Waals surface area contributed by atoms with Crippen LogP contribution in [0.25, 0.3) is 0 Å². The Balaban J connectivity index is 1.74. The molecule has 27 heavy (non-hydrogen) atoms. The average Bonchev–Trinajstić information content (AvgIpc) is 3.14. The van der Waals surface area contributed by atoms with Crippen molar-refractivity contribution in [2.24, 2.45) is 5.10 Å². The molecule has 0 aliphatic carbocycles. The predicted molar refractivity (Wildman–Crippen MR) is 107 cm³/mol. The molecule has 0 spiro atoms. The van der Waals surface area contributed by atoms with E-state index in [9.17, 15) is 10.1 Å². The number of nitro benzene ring substituents is 1. The molecule has 0 amide bonds. The summed E-state index contributed by atoms with van der Waals surface area (Å²) >= 11 is 0. The van der Waals surface area contributed by atoms with E-state index in [2.05, 4.69) is 36.2 Å². The molecule has 0 N–H and O–H groups in total. The van der Waals surface area contributed by atoms with Gasteiger partial charge in [-0.1, -0.05) is 48.5 Å². The molecule has 5 nitrogen and oxygen atoms in total. The van der Waals surface area contributed by atoms with Gasteiger partial charge in [-0.3, -0.25) is 15.1 Å². The summed E-state index contributed by atoms with van der Waals surface area (Å²) < 4.78 is 0. The lowest BCUT2D eigenvalue weighted by Crippen LogP contribution is -2.19. The third-order valence-corrected chi connectivity index (χ3v) is 4.87. The number of benzene rings is 3. The Hall–Kier alpha value is -3.47. The van der Waals surface area contributed by atoms with Crippen LogP contribution in [0.2, 0.25) is 0 Å². The lowest BCUT2D eigenvalue weighted by Gasteiger charge is -2.25. The van der Waals surface area contributed by atoms with Crippen LogP contribution in [0.15, 0.2) is 84.0 Å². The van der Waals surface area contributed by atoms with E-state index in [1.54, 1.807) is 12.1 Å². The van der Waals surface area contributed by atoms with Gasteiger partial charge in [0.1, 0.15) is 0 Å². The molecule has 1 atom stereocenters. The molecule has 0 bridgehead atoms. The smallest absolute Gasteiger partial charge is 0.258 e. The maximum atomic E-state index is 10.9. The van der Waals surface area contributed by atoms with Crippen molar-refractivity contribution in [2.45, 2.75) is 19.4 Å². The molecule has 3 aromatic carbocycles. The third kappa shape index (κ3) is 3.31. The Morgan fingerprint density at radius 1 is 0.963 bits per heavy atom. The summed E-state index contributed by atoms with van der Waals surface area (Å²) in [5.41, 5.74) is 5.36. The van der Waals surface area contributed by atoms with Gasteiger partial charge in [-0.15, -0.1) is 0 Å². The van der Waals surface area contributed by atoms with E-state index in [4.69, 9.17) is 5.10 Å². The lowest BCUT2D eigenvalue weighted by molar-refractivity contribution is -0.384. The highest BCUT2D eigenvalue weighted by atomic mass is 16.6. The molecule has 134 valence electrons. The maximum Gasteiger partial charge on any atom is 0.269 e. The number of non-ortho nitro benzene ring substituents is 1. The summed E-state index contributed by atoms with van der Waals surface area (Å²) in [7, 11) is 0. The SMILES string of the molecule is Cc1ccccc1N1N=C(c2ccc([N+](=O)[O-])cc2)C[C@@H]1c1ccccc1. The van der Waals surface area contributed by atoms with Crippen molar-refractivity contribution in [3.8, 4) is 0 Å². The Kier molecular flexibility index (Phi) is 4.42. The standard InChI is InChI=1S/C22H19N3O2/c1-16-7-5-6-10-21(16)24-22(18-8-3-2-4-9-18)15-20(23-24)17-11-13-19(14-12-17)25(26)27/h2-14,22H,15H2,1H3/t22-/m1/s1. The molecular weight excluding hydrogens is 338 g/mol. The first-order valence-electron chi connectivity index (χ1n) is 8.85. The van der Waals surface area contributed by atoms with Crippen LogP contribution in [-0.2, 0) is 0 Å². The number of para-hydroxylation sites is 1. The highest BCUT2D eigenvalue weighted by molar-refractivity contribution is 6.03. The number of hydrogen-bond acceptors (Lipinski definition) is 4. The maximum absolute atomic E-state index is 10.9. The minimum Gasteiger partial charge on any atom is -0.258 e. The first kappa shape index (κ1) is 17.0. The topological polar surface area (TPSA) is 58.7 Å². The van der Waals surface area contributed by atoms with Crippen molar-refractivity contribution >= 4 is 17.1 Å². The molecule has 5 heteroatoms. The highest BCUT2D eigenvalue weighted by Crippen LogP contribution is 2.38. The van der Waals surface area contributed by atoms with Crippen LogP contribution in [0.3, 0.4) is 0 Å². The quantitative estimate of drug-likeness (QED) is 0.473. The fraction of sp³-hybridized carbons (Fsp3) is 0.136. The predicted octanol–water partition coefficient (Wildman–Crippen LogP) is 5.26. The number of hydrogen-bond donors (Lipinski definition) is 0. The summed E-state index contributed by atoms with van der Waals surface area (Å²) in [6.45, 7) is 2.08. The lowest BCUT2D eigenvalue weighted by atomic mass is 9.98. The fourth-order valence-electron chi connectivity index (χ4n) is 3.44. The zero-order valence-corrected chi connectivity index (χ0v) is 14.9. The second kappa shape index (κ2) is 7.03. The minimum absolute atomic E-state index is 0.0905. The van der Waals surface area contributed by atoms with Gasteiger partial charge in [-0.25, -0.2) is 0 Å². The van der Waals surface area contributed by atoms with Crippen molar-refractivity contribution in [2.75, 3.05) is 5.01 Å². The molecule has 1 heterocycles. The zero-order valence-electron chi connectivity index (χ0n) is 14.9. The van der Waals surface area contributed by atoms with Crippen molar-refractivity contribution in [1.29, 1.82) is 0 Å². The van der Waals surface area contributed by atoms with E-state index >= 15 is 0 Å². The number of anilines is 1. The van der Waals surface area contributed by atoms with E-state index < -0.39 is 0 Å². The molecule has 4 rings (SSSR count). The van der Waals surface area contributed by atoms with Crippen LogP contribution < -0.4 is 5.01 Å². The van der Waals surface area contributed by atoms with Crippen molar-refractivity contribution < 1.29 is 4.92 Å². The zero-order chi connectivity index (χ0) is 18.8. The Labute approximate surface area is 157 Å². The molecule has 0 unspecified atom stereocenters. The van der Waals surface area contributed by atoms with Gasteiger partial charge in [0, 0.05) is 18.6 Å². The van der Waals surface area contributed by atoms with E-state index in [0.717, 1.165) is 28.9 Å². The first-order chi connectivity index (χ1) is 13.1. The van der Waals surface area contributed by atoms with Crippen LogP contribution in [0.1, 0.15) is 29.2 Å². The third-order valence-electron chi connectivity index (χ3n) is 4.87. The second-order valence-electron chi connectivity index (χ2n) is 6.61. The van der Waals surface area contributed by atoms with Crippen LogP contribution >= 0.6 is 0 Å². The summed E-state index contributed by atoms with van der Waals surface area (Å²) in [6.07, 6.45) is 0.746.